The van der Waals surface area contributed by atoms with Crippen LogP contribution >= 0.6 is 11.6 Å². The van der Waals surface area contributed by atoms with Gasteiger partial charge in [-0.15, -0.1) is 0 Å². The van der Waals surface area contributed by atoms with Crippen LogP contribution in [-0.2, 0) is 4.79 Å². The van der Waals surface area contributed by atoms with Crippen LogP contribution in [0.25, 0.3) is 0 Å². The molecule has 0 aliphatic rings. The van der Waals surface area contributed by atoms with Crippen LogP contribution in [-0.4, -0.2) is 22.8 Å². The number of carbonyl (C=O) groups excluding carboxylic acids is 1. The minimum atomic E-state index is -0.295. The van der Waals surface area contributed by atoms with Crippen molar-refractivity contribution < 1.29 is 4.79 Å². The summed E-state index contributed by atoms with van der Waals surface area (Å²) < 4.78 is 0. The predicted molar refractivity (Wildman–Crippen MR) is 80.5 cm³/mol. The van der Waals surface area contributed by atoms with Crippen LogP contribution in [0.1, 0.15) is 23.6 Å². The molecule has 1 atom stereocenters. The Kier molecular flexibility index (Phi) is 4.91. The molecule has 0 N–H and O–H groups in total. The van der Waals surface area contributed by atoms with Gasteiger partial charge in [0.05, 0.1) is 12.1 Å². The summed E-state index contributed by atoms with van der Waals surface area (Å²) in [4.78, 5) is 17.7. The van der Waals surface area contributed by atoms with E-state index in [1.165, 1.54) is 0 Å². The van der Waals surface area contributed by atoms with Crippen LogP contribution in [0.5, 0.6) is 0 Å². The second-order valence-corrected chi connectivity index (χ2v) is 5.02. The van der Waals surface area contributed by atoms with E-state index in [1.54, 1.807) is 36.5 Å². The maximum Gasteiger partial charge on any atom is 0.237 e. The smallest absolute Gasteiger partial charge is 0.237 e. The van der Waals surface area contributed by atoms with Crippen molar-refractivity contribution in [3.63, 3.8) is 0 Å². The lowest BCUT2D eigenvalue weighted by atomic mass is 9.98. The molecule has 1 aromatic heterocycles. The molecule has 21 heavy (non-hydrogen) atoms. The number of carbonyl (C=O) groups is 1. The van der Waals surface area contributed by atoms with Gasteiger partial charge in [0.15, 0.2) is 0 Å². The molecule has 1 aromatic carbocycles. The number of pyridine rings is 1. The van der Waals surface area contributed by atoms with Crippen LogP contribution < -0.4 is 0 Å². The van der Waals surface area contributed by atoms with E-state index in [1.807, 2.05) is 30.3 Å². The lowest BCUT2D eigenvalue weighted by Crippen LogP contribution is -2.31. The van der Waals surface area contributed by atoms with E-state index in [2.05, 4.69) is 4.98 Å². The Labute approximate surface area is 128 Å². The monoisotopic (exact) mass is 299 g/mol. The number of amides is 1. The minimum Gasteiger partial charge on any atom is -0.334 e. The number of hydrogen-bond acceptors (Lipinski definition) is 3. The van der Waals surface area contributed by atoms with Gasteiger partial charge in [0.1, 0.15) is 6.42 Å². The summed E-state index contributed by atoms with van der Waals surface area (Å²) in [7, 11) is 1.69. The third kappa shape index (κ3) is 3.59. The lowest BCUT2D eigenvalue weighted by Gasteiger charge is -2.28. The molecule has 0 spiro atoms. The van der Waals surface area contributed by atoms with Gasteiger partial charge < -0.3 is 4.90 Å². The first-order chi connectivity index (χ1) is 10.1. The fourth-order valence-electron chi connectivity index (χ4n) is 2.16. The number of halogens is 1. The highest BCUT2D eigenvalue weighted by Crippen LogP contribution is 2.28. The van der Waals surface area contributed by atoms with Crippen molar-refractivity contribution in [2.24, 2.45) is 0 Å². The zero-order valence-corrected chi connectivity index (χ0v) is 12.3. The Bertz CT molecular complexity index is 649. The molecule has 2 aromatic rings. The Balaban J connectivity index is 2.42. The maximum atomic E-state index is 12.1. The SMILES string of the molecule is CN(C(=O)CC#N)C(c1ccc(Cl)cc1)c1cccnc1. The average Bonchev–Trinajstić information content (AvgIpc) is 2.50. The summed E-state index contributed by atoms with van der Waals surface area (Å²) in [6.07, 6.45) is 3.25. The molecule has 0 saturated heterocycles. The standard InChI is InChI=1S/C16H14ClN3O/c1-20(15(21)8-9-18)16(13-3-2-10-19-11-13)12-4-6-14(17)7-5-12/h2-7,10-11,16H,8H2,1H3. The van der Waals surface area contributed by atoms with Crippen LogP contribution in [0.2, 0.25) is 5.02 Å². The number of nitriles is 1. The first-order valence-electron chi connectivity index (χ1n) is 6.41. The van der Waals surface area contributed by atoms with Crippen LogP contribution in [0.15, 0.2) is 48.8 Å². The van der Waals surface area contributed by atoms with Gasteiger partial charge in [-0.3, -0.25) is 9.78 Å². The van der Waals surface area contributed by atoms with E-state index in [-0.39, 0.29) is 18.4 Å². The first kappa shape index (κ1) is 15.0. The van der Waals surface area contributed by atoms with Crippen LogP contribution in [0.4, 0.5) is 0 Å². The zero-order valence-electron chi connectivity index (χ0n) is 11.5. The van der Waals surface area contributed by atoms with E-state index in [0.717, 1.165) is 11.1 Å². The van der Waals surface area contributed by atoms with Crippen LogP contribution in [0.3, 0.4) is 0 Å². The van der Waals surface area contributed by atoms with Crippen molar-refractivity contribution in [3.05, 3.63) is 64.9 Å². The summed E-state index contributed by atoms with van der Waals surface area (Å²) >= 11 is 5.92. The van der Waals surface area contributed by atoms with E-state index in [4.69, 9.17) is 16.9 Å². The van der Waals surface area contributed by atoms with Gasteiger partial charge in [0, 0.05) is 24.5 Å². The first-order valence-corrected chi connectivity index (χ1v) is 6.79. The van der Waals surface area contributed by atoms with Gasteiger partial charge in [-0.25, -0.2) is 0 Å². The molecule has 1 amide bonds. The average molecular weight is 300 g/mol. The lowest BCUT2D eigenvalue weighted by molar-refractivity contribution is -0.130. The van der Waals surface area contributed by atoms with Crippen molar-refractivity contribution in [2.45, 2.75) is 12.5 Å². The number of benzene rings is 1. The second-order valence-electron chi connectivity index (χ2n) is 4.58. The fourth-order valence-corrected chi connectivity index (χ4v) is 2.28. The van der Waals surface area contributed by atoms with E-state index < -0.39 is 0 Å². The van der Waals surface area contributed by atoms with Gasteiger partial charge in [0.25, 0.3) is 0 Å². The van der Waals surface area contributed by atoms with Gasteiger partial charge >= 0.3 is 0 Å². The Hall–Kier alpha value is -2.38. The molecular formula is C16H14ClN3O. The summed E-state index contributed by atoms with van der Waals surface area (Å²) in [5.74, 6) is -0.235. The minimum absolute atomic E-state index is 0.152. The predicted octanol–water partition coefficient (Wildman–Crippen LogP) is 3.20. The molecule has 0 radical (unpaired) electrons. The van der Waals surface area contributed by atoms with Gasteiger partial charge in [0.2, 0.25) is 5.91 Å². The third-order valence-electron chi connectivity index (χ3n) is 3.20. The summed E-state index contributed by atoms with van der Waals surface area (Å²) in [6, 6.07) is 12.6. The second kappa shape index (κ2) is 6.87. The Morgan fingerprint density at radius 3 is 2.62 bits per heavy atom. The fraction of sp³-hybridized carbons (Fsp3) is 0.188. The van der Waals surface area contributed by atoms with Crippen molar-refractivity contribution in [2.75, 3.05) is 7.05 Å². The van der Waals surface area contributed by atoms with Crippen molar-refractivity contribution in [1.82, 2.24) is 9.88 Å². The molecule has 0 aliphatic heterocycles. The molecule has 2 rings (SSSR count). The summed E-state index contributed by atoms with van der Waals surface area (Å²) in [5.41, 5.74) is 1.80. The highest BCUT2D eigenvalue weighted by molar-refractivity contribution is 6.30. The highest BCUT2D eigenvalue weighted by Gasteiger charge is 2.23. The van der Waals surface area contributed by atoms with Gasteiger partial charge in [-0.2, -0.15) is 5.26 Å². The van der Waals surface area contributed by atoms with Gasteiger partial charge in [-0.05, 0) is 29.3 Å². The number of aromatic nitrogens is 1. The molecule has 1 unspecified atom stereocenters. The third-order valence-corrected chi connectivity index (χ3v) is 3.45. The van der Waals surface area contributed by atoms with Crippen molar-refractivity contribution >= 4 is 17.5 Å². The Morgan fingerprint density at radius 1 is 1.33 bits per heavy atom. The molecule has 5 heteroatoms. The van der Waals surface area contributed by atoms with E-state index in [9.17, 15) is 4.79 Å². The molecule has 1 heterocycles. The van der Waals surface area contributed by atoms with Crippen molar-refractivity contribution in [1.29, 1.82) is 5.26 Å². The van der Waals surface area contributed by atoms with E-state index >= 15 is 0 Å². The largest absolute Gasteiger partial charge is 0.334 e. The molecule has 0 bridgehead atoms. The quantitative estimate of drug-likeness (QED) is 0.871. The highest BCUT2D eigenvalue weighted by atomic mass is 35.5. The Morgan fingerprint density at radius 2 is 2.05 bits per heavy atom. The normalized spacial score (nSPS) is 11.5. The molecular weight excluding hydrogens is 286 g/mol. The summed E-state index contributed by atoms with van der Waals surface area (Å²) in [5, 5.41) is 9.35. The topological polar surface area (TPSA) is 57.0 Å². The molecule has 0 saturated carbocycles. The number of rotatable bonds is 4. The molecule has 4 nitrogen and oxygen atoms in total. The van der Waals surface area contributed by atoms with Crippen LogP contribution in [0, 0.1) is 11.3 Å². The zero-order chi connectivity index (χ0) is 15.2. The number of nitrogens with zero attached hydrogens (tertiary/aromatic N) is 3. The molecule has 106 valence electrons. The maximum absolute atomic E-state index is 12.1. The van der Waals surface area contributed by atoms with Crippen molar-refractivity contribution in [3.8, 4) is 6.07 Å². The van der Waals surface area contributed by atoms with Gasteiger partial charge in [-0.1, -0.05) is 29.8 Å². The molecule has 0 fully saturated rings. The van der Waals surface area contributed by atoms with E-state index in [0.29, 0.717) is 5.02 Å². The summed E-state index contributed by atoms with van der Waals surface area (Å²) in [6.45, 7) is 0. The molecule has 0 aliphatic carbocycles. The number of hydrogen-bond donors (Lipinski definition) is 0.